The molecule has 1 aromatic carbocycles. The van der Waals surface area contributed by atoms with E-state index < -0.39 is 0 Å². The molecule has 2 saturated heterocycles. The van der Waals surface area contributed by atoms with Crippen LogP contribution in [0.1, 0.15) is 25.0 Å². The third-order valence-corrected chi connectivity index (χ3v) is 5.61. The van der Waals surface area contributed by atoms with Crippen LogP contribution >= 0.6 is 0 Å². The summed E-state index contributed by atoms with van der Waals surface area (Å²) in [5.74, 6) is 1.70. The lowest BCUT2D eigenvalue weighted by Gasteiger charge is -2.46. The van der Waals surface area contributed by atoms with Crippen LogP contribution in [0.3, 0.4) is 0 Å². The van der Waals surface area contributed by atoms with Crippen molar-refractivity contribution in [3.63, 3.8) is 0 Å². The zero-order chi connectivity index (χ0) is 17.9. The molecule has 2 N–H and O–H groups in total. The molecule has 2 aliphatic rings. The van der Waals surface area contributed by atoms with E-state index in [0.717, 1.165) is 49.5 Å². The van der Waals surface area contributed by atoms with Crippen LogP contribution in [0.4, 0.5) is 0 Å². The van der Waals surface area contributed by atoms with Gasteiger partial charge in [-0.3, -0.25) is 9.69 Å². The Balaban J connectivity index is 1.39. The van der Waals surface area contributed by atoms with Crippen molar-refractivity contribution in [1.82, 2.24) is 15.0 Å². The Morgan fingerprint density at radius 1 is 1.23 bits per heavy atom. The molecule has 0 unspecified atom stereocenters. The minimum Gasteiger partial charge on any atom is -0.359 e. The zero-order valence-corrected chi connectivity index (χ0v) is 15.0. The molecule has 0 bridgehead atoms. The summed E-state index contributed by atoms with van der Waals surface area (Å²) in [6.45, 7) is 3.96. The van der Waals surface area contributed by atoms with E-state index in [-0.39, 0.29) is 5.91 Å². The van der Waals surface area contributed by atoms with Crippen LogP contribution in [0.25, 0.3) is 11.3 Å². The fourth-order valence-electron chi connectivity index (χ4n) is 4.35. The number of rotatable bonds is 5. The Bertz CT molecular complexity index is 745. The van der Waals surface area contributed by atoms with Crippen molar-refractivity contribution in [3.05, 3.63) is 42.2 Å². The molecule has 4 rings (SSSR count). The highest BCUT2D eigenvalue weighted by Gasteiger charge is 2.38. The van der Waals surface area contributed by atoms with Gasteiger partial charge >= 0.3 is 0 Å². The van der Waals surface area contributed by atoms with E-state index in [1.807, 2.05) is 41.3 Å². The number of amides is 1. The third-order valence-electron chi connectivity index (χ3n) is 5.61. The molecule has 1 aromatic heterocycles. The standard InChI is InChI=1S/C20H26N4O2/c21-9-11-24-19-8-10-23(13-16(19)6-7-20(24)25)14-17-12-18(22-26-17)15-4-2-1-3-5-15/h1-5,12,16,19H,6-11,13-14,21H2/t16-,19+/m0/s1. The van der Waals surface area contributed by atoms with Crippen molar-refractivity contribution in [2.75, 3.05) is 26.2 Å². The van der Waals surface area contributed by atoms with E-state index in [4.69, 9.17) is 10.3 Å². The summed E-state index contributed by atoms with van der Waals surface area (Å²) in [5, 5.41) is 4.21. The van der Waals surface area contributed by atoms with Crippen molar-refractivity contribution < 1.29 is 9.32 Å². The van der Waals surface area contributed by atoms with Gasteiger partial charge in [-0.15, -0.1) is 0 Å². The lowest BCUT2D eigenvalue weighted by Crippen LogP contribution is -2.56. The monoisotopic (exact) mass is 354 g/mol. The highest BCUT2D eigenvalue weighted by atomic mass is 16.5. The number of aromatic nitrogens is 1. The van der Waals surface area contributed by atoms with Crippen LogP contribution < -0.4 is 5.73 Å². The Hall–Kier alpha value is -2.18. The summed E-state index contributed by atoms with van der Waals surface area (Å²) in [4.78, 5) is 16.6. The second-order valence-electron chi connectivity index (χ2n) is 7.31. The van der Waals surface area contributed by atoms with Crippen LogP contribution in [-0.4, -0.2) is 53.1 Å². The van der Waals surface area contributed by atoms with Crippen LogP contribution in [0, 0.1) is 5.92 Å². The molecule has 3 heterocycles. The molecule has 138 valence electrons. The molecule has 2 aliphatic heterocycles. The fraction of sp³-hybridized carbons (Fsp3) is 0.500. The molecule has 0 saturated carbocycles. The fourth-order valence-corrected chi connectivity index (χ4v) is 4.35. The summed E-state index contributed by atoms with van der Waals surface area (Å²) in [6.07, 6.45) is 2.64. The second-order valence-corrected chi connectivity index (χ2v) is 7.31. The minimum atomic E-state index is 0.271. The lowest BCUT2D eigenvalue weighted by atomic mass is 9.83. The van der Waals surface area contributed by atoms with Crippen molar-refractivity contribution in [2.24, 2.45) is 11.7 Å². The van der Waals surface area contributed by atoms with Gasteiger partial charge in [0.2, 0.25) is 5.91 Å². The summed E-state index contributed by atoms with van der Waals surface area (Å²) < 4.78 is 5.56. The minimum absolute atomic E-state index is 0.271. The summed E-state index contributed by atoms with van der Waals surface area (Å²) >= 11 is 0. The number of hydrogen-bond donors (Lipinski definition) is 1. The Labute approximate surface area is 153 Å². The first-order valence-corrected chi connectivity index (χ1v) is 9.47. The number of likely N-dealkylation sites (tertiary alicyclic amines) is 2. The molecule has 6 heteroatoms. The van der Waals surface area contributed by atoms with Crippen molar-refractivity contribution in [1.29, 1.82) is 0 Å². The number of nitrogens with two attached hydrogens (primary N) is 1. The predicted octanol–water partition coefficient (Wildman–Crippen LogP) is 2.11. The van der Waals surface area contributed by atoms with Gasteiger partial charge in [0.05, 0.1) is 6.54 Å². The number of benzene rings is 1. The maximum atomic E-state index is 12.2. The van der Waals surface area contributed by atoms with E-state index in [1.54, 1.807) is 0 Å². The van der Waals surface area contributed by atoms with Gasteiger partial charge in [-0.05, 0) is 18.8 Å². The summed E-state index contributed by atoms with van der Waals surface area (Å²) in [5.41, 5.74) is 7.66. The van der Waals surface area contributed by atoms with Gasteiger partial charge in [-0.2, -0.15) is 0 Å². The van der Waals surface area contributed by atoms with Crippen LogP contribution in [-0.2, 0) is 11.3 Å². The van der Waals surface area contributed by atoms with Gasteiger partial charge in [0.25, 0.3) is 0 Å². The van der Waals surface area contributed by atoms with E-state index in [1.165, 1.54) is 0 Å². The van der Waals surface area contributed by atoms with Crippen molar-refractivity contribution in [3.8, 4) is 11.3 Å². The molecule has 26 heavy (non-hydrogen) atoms. The molecular weight excluding hydrogens is 328 g/mol. The number of fused-ring (bicyclic) bond motifs is 1. The zero-order valence-electron chi connectivity index (χ0n) is 15.0. The van der Waals surface area contributed by atoms with Gasteiger partial charge in [-0.25, -0.2) is 0 Å². The first kappa shape index (κ1) is 17.2. The van der Waals surface area contributed by atoms with E-state index in [0.29, 0.717) is 31.5 Å². The quantitative estimate of drug-likeness (QED) is 0.890. The third kappa shape index (κ3) is 3.52. The largest absolute Gasteiger partial charge is 0.359 e. The Kier molecular flexibility index (Phi) is 5.04. The highest BCUT2D eigenvalue weighted by molar-refractivity contribution is 5.77. The maximum Gasteiger partial charge on any atom is 0.222 e. The molecule has 2 atom stereocenters. The summed E-state index contributed by atoms with van der Waals surface area (Å²) in [7, 11) is 0. The van der Waals surface area contributed by atoms with Gasteiger partial charge in [-0.1, -0.05) is 35.5 Å². The molecule has 0 spiro atoms. The molecule has 2 aromatic rings. The van der Waals surface area contributed by atoms with Gasteiger partial charge in [0, 0.05) is 50.3 Å². The second kappa shape index (κ2) is 7.60. The normalized spacial score (nSPS) is 23.9. The van der Waals surface area contributed by atoms with Gasteiger partial charge < -0.3 is 15.2 Å². The topological polar surface area (TPSA) is 75.6 Å². The lowest BCUT2D eigenvalue weighted by molar-refractivity contribution is -0.141. The maximum absolute atomic E-state index is 12.2. The Morgan fingerprint density at radius 3 is 2.88 bits per heavy atom. The average molecular weight is 354 g/mol. The van der Waals surface area contributed by atoms with Crippen molar-refractivity contribution >= 4 is 5.91 Å². The van der Waals surface area contributed by atoms with E-state index in [2.05, 4.69) is 10.1 Å². The molecule has 1 amide bonds. The number of carbonyl (C=O) groups is 1. The first-order valence-electron chi connectivity index (χ1n) is 9.47. The SMILES string of the molecule is NCCN1C(=O)CC[C@H]2CN(Cc3cc(-c4ccccc4)no3)CC[C@H]21. The Morgan fingerprint density at radius 2 is 2.08 bits per heavy atom. The number of carbonyl (C=O) groups excluding carboxylic acids is 1. The van der Waals surface area contributed by atoms with E-state index in [9.17, 15) is 4.79 Å². The molecule has 0 aliphatic carbocycles. The smallest absolute Gasteiger partial charge is 0.222 e. The number of nitrogens with zero attached hydrogens (tertiary/aromatic N) is 3. The number of hydrogen-bond acceptors (Lipinski definition) is 5. The van der Waals surface area contributed by atoms with Crippen molar-refractivity contribution in [2.45, 2.75) is 31.8 Å². The van der Waals surface area contributed by atoms with Gasteiger partial charge in [0.15, 0.2) is 5.76 Å². The van der Waals surface area contributed by atoms with E-state index >= 15 is 0 Å². The van der Waals surface area contributed by atoms with Crippen LogP contribution in [0.5, 0.6) is 0 Å². The van der Waals surface area contributed by atoms with Crippen LogP contribution in [0.15, 0.2) is 40.9 Å². The van der Waals surface area contributed by atoms with Crippen LogP contribution in [0.2, 0.25) is 0 Å². The molecule has 0 radical (unpaired) electrons. The molecular formula is C20H26N4O2. The van der Waals surface area contributed by atoms with Gasteiger partial charge in [0.1, 0.15) is 5.69 Å². The molecule has 2 fully saturated rings. The molecule has 6 nitrogen and oxygen atoms in total. The average Bonchev–Trinajstić information content (AvgIpc) is 3.13. The summed E-state index contributed by atoms with van der Waals surface area (Å²) in [6, 6.07) is 12.5. The highest BCUT2D eigenvalue weighted by Crippen LogP contribution is 2.32. The number of piperidine rings is 2. The predicted molar refractivity (Wildman–Crippen MR) is 99.1 cm³/mol. The first-order chi connectivity index (χ1) is 12.7.